The molecule has 8 nitrogen and oxygen atoms in total. The monoisotopic (exact) mass is 394 g/mol. The maximum absolute atomic E-state index is 12.7. The van der Waals surface area contributed by atoms with Gasteiger partial charge in [0, 0.05) is 43.9 Å². The zero-order valence-electron chi connectivity index (χ0n) is 17.1. The van der Waals surface area contributed by atoms with E-state index in [0.717, 1.165) is 31.7 Å². The molecule has 0 spiro atoms. The molecule has 1 fully saturated rings. The van der Waals surface area contributed by atoms with Crippen molar-refractivity contribution in [3.63, 3.8) is 0 Å². The fourth-order valence-electron chi connectivity index (χ4n) is 3.58. The summed E-state index contributed by atoms with van der Waals surface area (Å²) in [6.45, 7) is 7.99. The molecule has 1 N–H and O–H groups in total. The van der Waals surface area contributed by atoms with Gasteiger partial charge in [0.05, 0.1) is 11.9 Å². The van der Waals surface area contributed by atoms with E-state index in [4.69, 9.17) is 0 Å². The molecule has 1 aromatic carbocycles. The number of carbonyl (C=O) groups excluding carboxylic acids is 1. The summed E-state index contributed by atoms with van der Waals surface area (Å²) in [6, 6.07) is 7.41. The minimum absolute atomic E-state index is 0.0567. The van der Waals surface area contributed by atoms with Crippen molar-refractivity contribution in [3.05, 3.63) is 46.5 Å². The topological polar surface area (TPSA) is 87.1 Å². The molecule has 1 aliphatic heterocycles. The summed E-state index contributed by atoms with van der Waals surface area (Å²) >= 11 is 0. The molecule has 0 radical (unpaired) electrons. The third-order valence-electron chi connectivity index (χ3n) is 5.25. The summed E-state index contributed by atoms with van der Waals surface area (Å²) in [5.74, 6) is 0.389. The number of fused-ring (bicyclic) bond motifs is 1. The summed E-state index contributed by atoms with van der Waals surface area (Å²) in [7, 11) is 2.07. The van der Waals surface area contributed by atoms with E-state index >= 15 is 0 Å². The van der Waals surface area contributed by atoms with Crippen LogP contribution in [0.1, 0.15) is 24.2 Å². The van der Waals surface area contributed by atoms with Crippen molar-refractivity contribution in [2.45, 2.75) is 20.4 Å². The second kappa shape index (κ2) is 7.79. The maximum atomic E-state index is 12.7. The van der Waals surface area contributed by atoms with Crippen LogP contribution in [-0.2, 0) is 6.54 Å². The highest BCUT2D eigenvalue weighted by Gasteiger charge is 2.20. The zero-order chi connectivity index (χ0) is 20.5. The van der Waals surface area contributed by atoms with E-state index in [1.165, 1.54) is 0 Å². The molecule has 1 aliphatic rings. The molecule has 0 unspecified atom stereocenters. The van der Waals surface area contributed by atoms with Gasteiger partial charge in [-0.1, -0.05) is 26.0 Å². The SMILES string of the molecule is CC(C)Cn1c(=O)[nH]c2nc(-c3ccc(C(=O)N4CCN(C)CC4)cc3)cnc21. The van der Waals surface area contributed by atoms with Crippen LogP contribution >= 0.6 is 0 Å². The van der Waals surface area contributed by atoms with Gasteiger partial charge >= 0.3 is 5.69 Å². The molecule has 4 rings (SSSR count). The van der Waals surface area contributed by atoms with Crippen LogP contribution in [0.2, 0.25) is 0 Å². The molecule has 0 saturated carbocycles. The van der Waals surface area contributed by atoms with Crippen molar-refractivity contribution in [3.8, 4) is 11.3 Å². The average molecular weight is 394 g/mol. The van der Waals surface area contributed by atoms with Crippen LogP contribution in [0.15, 0.2) is 35.3 Å². The van der Waals surface area contributed by atoms with Gasteiger partial charge in [0.25, 0.3) is 5.91 Å². The van der Waals surface area contributed by atoms with E-state index in [1.807, 2.05) is 29.2 Å². The number of hydrogen-bond acceptors (Lipinski definition) is 5. The van der Waals surface area contributed by atoms with Crippen molar-refractivity contribution in [2.75, 3.05) is 33.2 Å². The van der Waals surface area contributed by atoms with Crippen molar-refractivity contribution in [2.24, 2.45) is 5.92 Å². The molecule has 2 aromatic heterocycles. The molecule has 1 saturated heterocycles. The van der Waals surface area contributed by atoms with Crippen LogP contribution < -0.4 is 5.69 Å². The second-order valence-corrected chi connectivity index (χ2v) is 8.03. The molecule has 1 amide bonds. The lowest BCUT2D eigenvalue weighted by molar-refractivity contribution is 0.0664. The van der Waals surface area contributed by atoms with Crippen molar-refractivity contribution in [1.82, 2.24) is 29.3 Å². The molecule has 29 heavy (non-hydrogen) atoms. The molecular weight excluding hydrogens is 368 g/mol. The highest BCUT2D eigenvalue weighted by atomic mass is 16.2. The van der Waals surface area contributed by atoms with Crippen LogP contribution in [-0.4, -0.2) is 68.5 Å². The van der Waals surface area contributed by atoms with Crippen LogP contribution in [0.3, 0.4) is 0 Å². The number of nitrogens with zero attached hydrogens (tertiary/aromatic N) is 5. The highest BCUT2D eigenvalue weighted by Crippen LogP contribution is 2.20. The van der Waals surface area contributed by atoms with Gasteiger partial charge < -0.3 is 9.80 Å². The Bertz CT molecular complexity index is 1070. The number of aromatic amines is 1. The Labute approximate surface area is 169 Å². The molecule has 0 aliphatic carbocycles. The first-order valence-corrected chi connectivity index (χ1v) is 9.96. The maximum Gasteiger partial charge on any atom is 0.328 e. The number of amides is 1. The Hall–Kier alpha value is -3.00. The van der Waals surface area contributed by atoms with Gasteiger partial charge in [-0.3, -0.25) is 14.3 Å². The number of aromatic nitrogens is 4. The van der Waals surface area contributed by atoms with Gasteiger partial charge in [-0.15, -0.1) is 0 Å². The fourth-order valence-corrected chi connectivity index (χ4v) is 3.58. The largest absolute Gasteiger partial charge is 0.336 e. The minimum atomic E-state index is -0.195. The zero-order valence-corrected chi connectivity index (χ0v) is 17.1. The quantitative estimate of drug-likeness (QED) is 0.730. The second-order valence-electron chi connectivity index (χ2n) is 8.03. The van der Waals surface area contributed by atoms with Gasteiger partial charge in [-0.2, -0.15) is 0 Å². The summed E-state index contributed by atoms with van der Waals surface area (Å²) in [6.07, 6.45) is 1.67. The first-order valence-electron chi connectivity index (χ1n) is 9.96. The predicted molar refractivity (Wildman–Crippen MR) is 112 cm³/mol. The first-order chi connectivity index (χ1) is 13.9. The van der Waals surface area contributed by atoms with Crippen LogP contribution in [0.4, 0.5) is 0 Å². The van der Waals surface area contributed by atoms with Crippen molar-refractivity contribution >= 4 is 17.2 Å². The number of piperazine rings is 1. The fraction of sp³-hybridized carbons (Fsp3) is 0.429. The van der Waals surface area contributed by atoms with E-state index in [9.17, 15) is 9.59 Å². The smallest absolute Gasteiger partial charge is 0.328 e. The Balaban J connectivity index is 1.56. The number of likely N-dealkylation sites (N-methyl/N-ethyl adjacent to an activating group) is 1. The summed E-state index contributed by atoms with van der Waals surface area (Å²) in [4.78, 5) is 40.8. The summed E-state index contributed by atoms with van der Waals surface area (Å²) < 4.78 is 1.62. The van der Waals surface area contributed by atoms with Crippen LogP contribution in [0.5, 0.6) is 0 Å². The van der Waals surface area contributed by atoms with Crippen molar-refractivity contribution in [1.29, 1.82) is 0 Å². The van der Waals surface area contributed by atoms with Gasteiger partial charge in [0.15, 0.2) is 11.3 Å². The van der Waals surface area contributed by atoms with Crippen LogP contribution in [0, 0.1) is 5.92 Å². The Kier molecular flexibility index (Phi) is 5.19. The third kappa shape index (κ3) is 3.93. The molecule has 3 heterocycles. The normalized spacial score (nSPS) is 15.4. The van der Waals surface area contributed by atoms with E-state index < -0.39 is 0 Å². The summed E-state index contributed by atoms with van der Waals surface area (Å²) in [5, 5.41) is 0. The molecule has 0 atom stereocenters. The Morgan fingerprint density at radius 1 is 1.14 bits per heavy atom. The Morgan fingerprint density at radius 3 is 2.48 bits per heavy atom. The number of imidazole rings is 1. The van der Waals surface area contributed by atoms with E-state index in [0.29, 0.717) is 35.0 Å². The summed E-state index contributed by atoms with van der Waals surface area (Å²) in [5.41, 5.74) is 3.03. The van der Waals surface area contributed by atoms with E-state index in [2.05, 4.69) is 40.7 Å². The number of rotatable bonds is 4. The molecule has 0 bridgehead atoms. The molecule has 152 valence electrons. The van der Waals surface area contributed by atoms with Gasteiger partial charge in [0.2, 0.25) is 0 Å². The lowest BCUT2D eigenvalue weighted by atomic mass is 10.1. The molecule has 8 heteroatoms. The number of carbonyl (C=O) groups is 1. The lowest BCUT2D eigenvalue weighted by Gasteiger charge is -2.32. The van der Waals surface area contributed by atoms with Crippen LogP contribution in [0.25, 0.3) is 22.6 Å². The third-order valence-corrected chi connectivity index (χ3v) is 5.25. The van der Waals surface area contributed by atoms with Crippen molar-refractivity contribution < 1.29 is 4.79 Å². The standard InChI is InChI=1S/C21H26N6O2/c1-14(2)13-27-19-18(24-21(27)29)23-17(12-22-19)15-4-6-16(7-5-15)20(28)26-10-8-25(3)9-11-26/h4-7,12,14H,8-11,13H2,1-3H3,(H,23,24,29). The minimum Gasteiger partial charge on any atom is -0.336 e. The van der Waals surface area contributed by atoms with Gasteiger partial charge in [-0.05, 0) is 25.1 Å². The van der Waals surface area contributed by atoms with E-state index in [1.54, 1.807) is 10.8 Å². The molecule has 3 aromatic rings. The highest BCUT2D eigenvalue weighted by molar-refractivity contribution is 5.94. The van der Waals surface area contributed by atoms with Gasteiger partial charge in [-0.25, -0.2) is 14.8 Å². The Morgan fingerprint density at radius 2 is 1.83 bits per heavy atom. The first kappa shape index (κ1) is 19.3. The number of nitrogens with one attached hydrogen (secondary N) is 1. The van der Waals surface area contributed by atoms with Gasteiger partial charge in [0.1, 0.15) is 0 Å². The lowest BCUT2D eigenvalue weighted by Crippen LogP contribution is -2.47. The number of benzene rings is 1. The number of H-pyrrole nitrogens is 1. The average Bonchev–Trinajstić information content (AvgIpc) is 3.02. The predicted octanol–water partition coefficient (Wildman–Crippen LogP) is 1.83. The number of hydrogen-bond donors (Lipinski definition) is 1. The van der Waals surface area contributed by atoms with E-state index in [-0.39, 0.29) is 11.6 Å². The molecular formula is C21H26N6O2.